The van der Waals surface area contributed by atoms with Gasteiger partial charge < -0.3 is 10.2 Å². The monoisotopic (exact) mass is 438 g/mol. The smallest absolute Gasteiger partial charge is 0.269 e. The largest absolute Gasteiger partial charge is 0.350 e. The van der Waals surface area contributed by atoms with E-state index in [1.54, 1.807) is 36.0 Å². The molecule has 1 N–H and O–H groups in total. The van der Waals surface area contributed by atoms with Crippen molar-refractivity contribution in [1.82, 2.24) is 24.9 Å². The summed E-state index contributed by atoms with van der Waals surface area (Å²) in [5.74, 6) is 0.168. The summed E-state index contributed by atoms with van der Waals surface area (Å²) in [5.41, 5.74) is 1.74. The molecule has 2 aromatic heterocycles. The number of hydrogen-bond acceptors (Lipinski definition) is 5. The molecule has 1 aliphatic heterocycles. The summed E-state index contributed by atoms with van der Waals surface area (Å²) >= 11 is 0. The van der Waals surface area contributed by atoms with Gasteiger partial charge >= 0.3 is 0 Å². The fourth-order valence-corrected chi connectivity index (χ4v) is 4.15. The molecule has 1 unspecified atom stereocenters. The Labute approximate surface area is 185 Å². The van der Waals surface area contributed by atoms with Crippen molar-refractivity contribution in [3.8, 4) is 0 Å². The molecule has 4 rings (SSSR count). The average Bonchev–Trinajstić information content (AvgIpc) is 3.12. The van der Waals surface area contributed by atoms with E-state index in [0.29, 0.717) is 23.6 Å². The highest BCUT2D eigenvalue weighted by molar-refractivity contribution is 5.92. The average molecular weight is 439 g/mol. The summed E-state index contributed by atoms with van der Waals surface area (Å²) in [7, 11) is 1.75. The maximum Gasteiger partial charge on any atom is 0.269 e. The predicted octanol–water partition coefficient (Wildman–Crippen LogP) is 2.26. The zero-order valence-electron chi connectivity index (χ0n) is 18.3. The number of piperidine rings is 1. The van der Waals surface area contributed by atoms with Crippen molar-refractivity contribution in [3.63, 3.8) is 0 Å². The molecule has 9 heteroatoms. The summed E-state index contributed by atoms with van der Waals surface area (Å²) < 4.78 is 16.5. The van der Waals surface area contributed by atoms with Gasteiger partial charge in [-0.1, -0.05) is 12.1 Å². The molecule has 0 radical (unpaired) electrons. The van der Waals surface area contributed by atoms with Gasteiger partial charge in [0.2, 0.25) is 0 Å². The van der Waals surface area contributed by atoms with Crippen molar-refractivity contribution in [2.24, 2.45) is 7.05 Å². The summed E-state index contributed by atoms with van der Waals surface area (Å²) in [4.78, 5) is 27.1. The van der Waals surface area contributed by atoms with Gasteiger partial charge in [-0.15, -0.1) is 0 Å². The van der Waals surface area contributed by atoms with Crippen molar-refractivity contribution < 1.29 is 9.18 Å². The molecule has 1 aliphatic rings. The van der Waals surface area contributed by atoms with E-state index >= 15 is 0 Å². The van der Waals surface area contributed by atoms with Crippen LogP contribution in [-0.4, -0.2) is 44.6 Å². The number of anilines is 1. The molecule has 1 aromatic carbocycles. The third-order valence-electron chi connectivity index (χ3n) is 5.73. The van der Waals surface area contributed by atoms with Gasteiger partial charge in [0, 0.05) is 32.2 Å². The van der Waals surface area contributed by atoms with Crippen molar-refractivity contribution in [2.45, 2.75) is 38.8 Å². The Bertz CT molecular complexity index is 1170. The molecular formula is C23H27FN6O2. The zero-order valence-corrected chi connectivity index (χ0v) is 18.3. The van der Waals surface area contributed by atoms with Crippen LogP contribution in [0.25, 0.3) is 0 Å². The maximum atomic E-state index is 13.5. The Balaban J connectivity index is 1.50. The lowest BCUT2D eigenvalue weighted by Gasteiger charge is -2.36. The second kappa shape index (κ2) is 9.33. The van der Waals surface area contributed by atoms with Crippen molar-refractivity contribution >= 4 is 11.7 Å². The lowest BCUT2D eigenvalue weighted by Crippen LogP contribution is -2.48. The minimum Gasteiger partial charge on any atom is -0.350 e. The predicted molar refractivity (Wildman–Crippen MR) is 119 cm³/mol. The fraction of sp³-hybridized carbons (Fsp3) is 0.391. The van der Waals surface area contributed by atoms with Crippen LogP contribution in [0.5, 0.6) is 0 Å². The molecular weight excluding hydrogens is 411 g/mol. The van der Waals surface area contributed by atoms with Crippen LogP contribution in [0.4, 0.5) is 10.2 Å². The number of aromatic nitrogens is 4. The number of nitrogens with zero attached hydrogens (tertiary/aromatic N) is 5. The van der Waals surface area contributed by atoms with Crippen molar-refractivity contribution in [2.75, 3.05) is 18.0 Å². The van der Waals surface area contributed by atoms with E-state index in [-0.39, 0.29) is 29.9 Å². The highest BCUT2D eigenvalue weighted by Crippen LogP contribution is 2.22. The first-order valence-corrected chi connectivity index (χ1v) is 10.8. The molecule has 3 heterocycles. The normalized spacial score (nSPS) is 16.2. The molecule has 0 spiro atoms. The SMILES string of the molecule is Cc1cc(C(=O)NCC2CCCCN2c2ccc(=O)n(Cc3cccc(F)c3)n2)n(C)n1. The lowest BCUT2D eigenvalue weighted by molar-refractivity contribution is 0.0940. The number of carbonyl (C=O) groups excluding carboxylic acids is 1. The van der Waals surface area contributed by atoms with E-state index in [2.05, 4.69) is 20.4 Å². The van der Waals surface area contributed by atoms with E-state index in [9.17, 15) is 14.0 Å². The maximum absolute atomic E-state index is 13.5. The third kappa shape index (κ3) is 4.87. The molecule has 168 valence electrons. The van der Waals surface area contributed by atoms with E-state index < -0.39 is 0 Å². The van der Waals surface area contributed by atoms with Crippen LogP contribution >= 0.6 is 0 Å². The molecule has 3 aromatic rings. The number of aryl methyl sites for hydroxylation is 2. The first-order valence-electron chi connectivity index (χ1n) is 10.8. The number of nitrogens with one attached hydrogen (secondary N) is 1. The van der Waals surface area contributed by atoms with Crippen LogP contribution < -0.4 is 15.8 Å². The van der Waals surface area contributed by atoms with Crippen LogP contribution in [-0.2, 0) is 13.6 Å². The second-order valence-electron chi connectivity index (χ2n) is 8.16. The number of rotatable bonds is 6. The molecule has 1 fully saturated rings. The number of amides is 1. The zero-order chi connectivity index (χ0) is 22.7. The Morgan fingerprint density at radius 3 is 2.78 bits per heavy atom. The minimum atomic E-state index is -0.345. The summed E-state index contributed by atoms with van der Waals surface area (Å²) in [6.07, 6.45) is 2.98. The van der Waals surface area contributed by atoms with Gasteiger partial charge in [0.25, 0.3) is 11.5 Å². The Kier molecular flexibility index (Phi) is 6.34. The Morgan fingerprint density at radius 1 is 1.19 bits per heavy atom. The number of carbonyl (C=O) groups is 1. The topological polar surface area (TPSA) is 85.0 Å². The van der Waals surface area contributed by atoms with Crippen LogP contribution in [0.1, 0.15) is 41.0 Å². The van der Waals surface area contributed by atoms with Crippen LogP contribution in [0.3, 0.4) is 0 Å². The van der Waals surface area contributed by atoms with E-state index in [1.807, 2.05) is 6.92 Å². The minimum absolute atomic E-state index is 0.0645. The summed E-state index contributed by atoms with van der Waals surface area (Å²) in [6, 6.07) is 11.2. The highest BCUT2D eigenvalue weighted by Gasteiger charge is 2.25. The first-order chi connectivity index (χ1) is 15.4. The molecule has 1 amide bonds. The number of hydrogen-bond donors (Lipinski definition) is 1. The van der Waals surface area contributed by atoms with Crippen LogP contribution in [0, 0.1) is 12.7 Å². The van der Waals surface area contributed by atoms with Gasteiger partial charge in [-0.3, -0.25) is 14.3 Å². The fourth-order valence-electron chi connectivity index (χ4n) is 4.15. The van der Waals surface area contributed by atoms with Crippen LogP contribution in [0.15, 0.2) is 47.3 Å². The third-order valence-corrected chi connectivity index (χ3v) is 5.73. The Hall–Kier alpha value is -3.49. The lowest BCUT2D eigenvalue weighted by atomic mass is 10.0. The molecule has 1 saturated heterocycles. The van der Waals surface area contributed by atoms with Gasteiger partial charge in [-0.05, 0) is 56.0 Å². The van der Waals surface area contributed by atoms with Gasteiger partial charge in [0.05, 0.1) is 12.2 Å². The summed E-state index contributed by atoms with van der Waals surface area (Å²) in [5, 5.41) is 11.8. The molecule has 0 aliphatic carbocycles. The van der Waals surface area contributed by atoms with Crippen molar-refractivity contribution in [3.05, 3.63) is 75.6 Å². The van der Waals surface area contributed by atoms with E-state index in [4.69, 9.17) is 0 Å². The molecule has 0 saturated carbocycles. The summed E-state index contributed by atoms with van der Waals surface area (Å²) in [6.45, 7) is 3.30. The standard InChI is InChI=1S/C23H27FN6O2/c1-16-12-20(28(2)26-16)23(32)25-14-19-8-3-4-11-29(19)21-9-10-22(31)30(27-21)15-17-6-5-7-18(24)13-17/h5-7,9-10,12-13,19H,3-4,8,11,14-15H2,1-2H3,(H,25,32). The molecule has 32 heavy (non-hydrogen) atoms. The second-order valence-corrected chi connectivity index (χ2v) is 8.16. The van der Waals surface area contributed by atoms with Gasteiger partial charge in [0.1, 0.15) is 17.3 Å². The van der Waals surface area contributed by atoms with Crippen LogP contribution in [0.2, 0.25) is 0 Å². The first kappa shape index (κ1) is 21.7. The number of benzene rings is 1. The van der Waals surface area contributed by atoms with Gasteiger partial charge in [-0.25, -0.2) is 9.07 Å². The molecule has 8 nitrogen and oxygen atoms in total. The molecule has 1 atom stereocenters. The van der Waals surface area contributed by atoms with Gasteiger partial charge in [-0.2, -0.15) is 10.2 Å². The highest BCUT2D eigenvalue weighted by atomic mass is 19.1. The number of halogens is 1. The van der Waals surface area contributed by atoms with E-state index in [0.717, 1.165) is 31.5 Å². The molecule has 0 bridgehead atoms. The van der Waals surface area contributed by atoms with Gasteiger partial charge in [0.15, 0.2) is 0 Å². The van der Waals surface area contributed by atoms with E-state index in [1.165, 1.54) is 22.9 Å². The quantitative estimate of drug-likeness (QED) is 0.638. The van der Waals surface area contributed by atoms with Crippen molar-refractivity contribution in [1.29, 1.82) is 0 Å². The Morgan fingerprint density at radius 2 is 2.03 bits per heavy atom.